The maximum atomic E-state index is 12.2. The third kappa shape index (κ3) is 4.21. The molecule has 1 aliphatic carbocycles. The molecule has 0 unspecified atom stereocenters. The Hall–Kier alpha value is -2.19. The van der Waals surface area contributed by atoms with Gasteiger partial charge in [0, 0.05) is 23.2 Å². The molecule has 8 nitrogen and oxygen atoms in total. The van der Waals surface area contributed by atoms with E-state index in [4.69, 9.17) is 16.7 Å². The van der Waals surface area contributed by atoms with Crippen LogP contribution in [0.5, 0.6) is 0 Å². The summed E-state index contributed by atoms with van der Waals surface area (Å²) >= 11 is 5.73. The number of amides is 1. The zero-order chi connectivity index (χ0) is 17.9. The van der Waals surface area contributed by atoms with Gasteiger partial charge in [0.05, 0.1) is 11.5 Å². The van der Waals surface area contributed by atoms with Crippen molar-refractivity contribution in [3.63, 3.8) is 0 Å². The van der Waals surface area contributed by atoms with Crippen molar-refractivity contribution in [3.8, 4) is 0 Å². The molecule has 0 aromatic heterocycles. The molecule has 0 heterocycles. The van der Waals surface area contributed by atoms with Crippen molar-refractivity contribution in [1.82, 2.24) is 10.2 Å². The van der Waals surface area contributed by atoms with E-state index in [0.29, 0.717) is 19.4 Å². The molecule has 1 fully saturated rings. The Kier molecular flexibility index (Phi) is 5.74. The van der Waals surface area contributed by atoms with Crippen LogP contribution < -0.4 is 5.32 Å². The average Bonchev–Trinajstić information content (AvgIpc) is 2.47. The van der Waals surface area contributed by atoms with Crippen molar-refractivity contribution in [2.24, 2.45) is 0 Å². The molecular weight excluding hydrogens is 338 g/mol. The van der Waals surface area contributed by atoms with Crippen molar-refractivity contribution >= 4 is 29.2 Å². The highest BCUT2D eigenvalue weighted by Gasteiger charge is 2.35. The number of carbonyl (C=O) groups excluding carboxylic acids is 1. The first-order valence-electron chi connectivity index (χ1n) is 7.52. The lowest BCUT2D eigenvalue weighted by Crippen LogP contribution is -2.54. The largest absolute Gasteiger partial charge is 0.480 e. The maximum Gasteiger partial charge on any atom is 0.317 e. The average molecular weight is 356 g/mol. The topological polar surface area (TPSA) is 113 Å². The lowest BCUT2D eigenvalue weighted by molar-refractivity contribution is -0.385. The highest BCUT2D eigenvalue weighted by Crippen LogP contribution is 2.27. The number of carbonyl (C=O) groups is 2. The van der Waals surface area contributed by atoms with Crippen molar-refractivity contribution in [2.75, 3.05) is 13.1 Å². The number of hydrogen-bond donors (Lipinski definition) is 2. The first-order valence-corrected chi connectivity index (χ1v) is 7.90. The molecule has 0 aliphatic heterocycles. The Morgan fingerprint density at radius 1 is 1.46 bits per heavy atom. The van der Waals surface area contributed by atoms with Crippen LogP contribution in [0, 0.1) is 10.1 Å². The molecule has 24 heavy (non-hydrogen) atoms. The predicted molar refractivity (Wildman–Crippen MR) is 87.3 cm³/mol. The zero-order valence-corrected chi connectivity index (χ0v) is 13.8. The summed E-state index contributed by atoms with van der Waals surface area (Å²) in [5.74, 6) is -1.41. The van der Waals surface area contributed by atoms with E-state index in [0.717, 1.165) is 6.07 Å². The van der Waals surface area contributed by atoms with Gasteiger partial charge in [0.15, 0.2) is 0 Å². The minimum Gasteiger partial charge on any atom is -0.480 e. The zero-order valence-electron chi connectivity index (χ0n) is 13.1. The Bertz CT molecular complexity index is 661. The van der Waals surface area contributed by atoms with Gasteiger partial charge in [-0.15, -0.1) is 0 Å². The van der Waals surface area contributed by atoms with E-state index in [1.165, 1.54) is 12.1 Å². The highest BCUT2D eigenvalue weighted by molar-refractivity contribution is 6.31. The molecule has 0 radical (unpaired) electrons. The van der Waals surface area contributed by atoms with Gasteiger partial charge in [0.2, 0.25) is 0 Å². The molecule has 2 N–H and O–H groups in total. The molecule has 1 aromatic rings. The summed E-state index contributed by atoms with van der Waals surface area (Å²) < 4.78 is 0. The number of nitro groups is 1. The second-order valence-electron chi connectivity index (χ2n) is 5.67. The number of nitro benzene ring substituents is 1. The van der Waals surface area contributed by atoms with Crippen molar-refractivity contribution in [3.05, 3.63) is 38.9 Å². The summed E-state index contributed by atoms with van der Waals surface area (Å²) in [4.78, 5) is 35.3. The second-order valence-corrected chi connectivity index (χ2v) is 6.11. The molecule has 1 saturated carbocycles. The molecular formula is C15H18ClN3O5. The number of carboxylic acids is 1. The number of nitrogens with one attached hydrogen (secondary N) is 1. The fourth-order valence-electron chi connectivity index (χ4n) is 2.79. The number of carboxylic acid groups (broad SMARTS) is 1. The van der Waals surface area contributed by atoms with Crippen LogP contribution in [0.4, 0.5) is 5.69 Å². The van der Waals surface area contributed by atoms with E-state index >= 15 is 0 Å². The molecule has 0 saturated heterocycles. The minimum absolute atomic E-state index is 0.0364. The highest BCUT2D eigenvalue weighted by atomic mass is 35.5. The monoisotopic (exact) mass is 355 g/mol. The first-order chi connectivity index (χ1) is 11.3. The van der Waals surface area contributed by atoms with Crippen LogP contribution in [0.2, 0.25) is 5.02 Å². The van der Waals surface area contributed by atoms with E-state index in [1.54, 1.807) is 0 Å². The molecule has 130 valence electrons. The molecule has 1 amide bonds. The van der Waals surface area contributed by atoms with Crippen molar-refractivity contribution in [2.45, 2.75) is 31.8 Å². The van der Waals surface area contributed by atoms with E-state index in [1.807, 2.05) is 11.8 Å². The van der Waals surface area contributed by atoms with Crippen LogP contribution in [-0.4, -0.2) is 52.0 Å². The summed E-state index contributed by atoms with van der Waals surface area (Å²) in [6, 6.07) is 3.87. The number of nitrogens with zero attached hydrogens (tertiary/aromatic N) is 2. The summed E-state index contributed by atoms with van der Waals surface area (Å²) in [5, 5.41) is 22.8. The van der Waals surface area contributed by atoms with E-state index in [9.17, 15) is 19.7 Å². The number of hydrogen-bond acceptors (Lipinski definition) is 5. The Morgan fingerprint density at radius 2 is 2.12 bits per heavy atom. The summed E-state index contributed by atoms with van der Waals surface area (Å²) in [6.45, 7) is 2.46. The van der Waals surface area contributed by atoms with E-state index in [-0.39, 0.29) is 34.9 Å². The normalized spacial score (nSPS) is 19.6. The van der Waals surface area contributed by atoms with Crippen LogP contribution in [0.25, 0.3) is 0 Å². The van der Waals surface area contributed by atoms with Gasteiger partial charge in [-0.3, -0.25) is 24.6 Å². The molecule has 0 spiro atoms. The molecule has 9 heteroatoms. The Morgan fingerprint density at radius 3 is 2.67 bits per heavy atom. The standard InChI is InChI=1S/C15H18ClN3O5/c1-2-18(8-14(20)21)11-6-10(7-11)17-15(22)12-4-3-9(16)5-13(12)19(23)24/h3-5,10-11H,2,6-8H2,1H3,(H,17,22)(H,20,21). The molecule has 0 atom stereocenters. The van der Waals surface area contributed by atoms with Crippen LogP contribution in [0.3, 0.4) is 0 Å². The maximum absolute atomic E-state index is 12.2. The van der Waals surface area contributed by atoms with Crippen LogP contribution >= 0.6 is 11.6 Å². The third-order valence-corrected chi connectivity index (χ3v) is 4.35. The SMILES string of the molecule is CCN(CC(=O)O)C1CC(NC(=O)c2ccc(Cl)cc2[N+](=O)[O-])C1. The summed E-state index contributed by atoms with van der Waals surface area (Å²) in [5.41, 5.74) is -0.373. The lowest BCUT2D eigenvalue weighted by Gasteiger charge is -2.42. The summed E-state index contributed by atoms with van der Waals surface area (Å²) in [6.07, 6.45) is 1.24. The van der Waals surface area contributed by atoms with Gasteiger partial charge < -0.3 is 10.4 Å². The van der Waals surface area contributed by atoms with Crippen molar-refractivity contribution in [1.29, 1.82) is 0 Å². The fourth-order valence-corrected chi connectivity index (χ4v) is 2.95. The van der Waals surface area contributed by atoms with Gasteiger partial charge in [-0.05, 0) is 31.5 Å². The number of rotatable bonds is 7. The molecule has 1 aliphatic rings. The number of likely N-dealkylation sites (N-methyl/N-ethyl adjacent to an activating group) is 1. The smallest absolute Gasteiger partial charge is 0.317 e. The molecule has 0 bridgehead atoms. The Labute approximate surface area is 143 Å². The number of halogens is 1. The second kappa shape index (κ2) is 7.59. The van der Waals surface area contributed by atoms with Gasteiger partial charge in [0.1, 0.15) is 5.56 Å². The van der Waals surface area contributed by atoms with Crippen molar-refractivity contribution < 1.29 is 19.6 Å². The van der Waals surface area contributed by atoms with Gasteiger partial charge in [0.25, 0.3) is 11.6 Å². The van der Waals surface area contributed by atoms with Gasteiger partial charge in [-0.1, -0.05) is 18.5 Å². The van der Waals surface area contributed by atoms with Gasteiger partial charge in [-0.25, -0.2) is 0 Å². The quantitative estimate of drug-likeness (QED) is 0.570. The van der Waals surface area contributed by atoms with E-state index < -0.39 is 16.8 Å². The van der Waals surface area contributed by atoms with Crippen LogP contribution in [0.15, 0.2) is 18.2 Å². The fraction of sp³-hybridized carbons (Fsp3) is 0.467. The minimum atomic E-state index is -0.888. The van der Waals surface area contributed by atoms with Gasteiger partial charge >= 0.3 is 5.97 Å². The number of aliphatic carboxylic acids is 1. The third-order valence-electron chi connectivity index (χ3n) is 4.11. The molecule has 1 aromatic carbocycles. The lowest BCUT2D eigenvalue weighted by atomic mass is 9.85. The van der Waals surface area contributed by atoms with E-state index in [2.05, 4.69) is 5.32 Å². The van der Waals surface area contributed by atoms with Crippen LogP contribution in [-0.2, 0) is 4.79 Å². The molecule has 2 rings (SSSR count). The van der Waals surface area contributed by atoms with Gasteiger partial charge in [-0.2, -0.15) is 0 Å². The Balaban J connectivity index is 1.96. The predicted octanol–water partition coefficient (Wildman–Crippen LogP) is 1.92. The number of benzene rings is 1. The summed E-state index contributed by atoms with van der Waals surface area (Å²) in [7, 11) is 0. The van der Waals surface area contributed by atoms with Crippen LogP contribution in [0.1, 0.15) is 30.1 Å². The first kappa shape index (κ1) is 18.2.